The van der Waals surface area contributed by atoms with E-state index in [1.807, 2.05) is 0 Å². The monoisotopic (exact) mass is 748 g/mol. The molecule has 7 N–H and O–H groups in total. The molecule has 2 aromatic carbocycles. The molecule has 0 radical (unpaired) electrons. The largest absolute Gasteiger partial charge is 0.506 e. The van der Waals surface area contributed by atoms with Gasteiger partial charge in [-0.25, -0.2) is 0 Å². The maximum atomic E-state index is 13.2. The lowest BCUT2D eigenvalue weighted by molar-refractivity contribution is -0.277. The molecule has 14 heteroatoms. The zero-order valence-electron chi connectivity index (χ0n) is 17.5. The number of phenolic OH excluding ortho intramolecular Hbond substituents is 3. The van der Waals surface area contributed by atoms with Gasteiger partial charge in [0.25, 0.3) is 0 Å². The van der Waals surface area contributed by atoms with Crippen LogP contribution in [0.5, 0.6) is 23.0 Å². The van der Waals surface area contributed by atoms with E-state index in [0.29, 0.717) is 14.5 Å². The van der Waals surface area contributed by atoms with Crippen molar-refractivity contribution in [2.45, 2.75) is 43.5 Å². The third-order valence-corrected chi connectivity index (χ3v) is 8.06. The molecule has 0 bridgehead atoms. The second kappa shape index (κ2) is 11.6. The Hall–Kier alpha value is -0.970. The number of hydrogen-bond acceptors (Lipinski definition) is 10. The van der Waals surface area contributed by atoms with Crippen molar-refractivity contribution in [1.29, 1.82) is 0 Å². The Labute approximate surface area is 232 Å². The van der Waals surface area contributed by atoms with Gasteiger partial charge in [-0.1, -0.05) is 0 Å². The third kappa shape index (κ3) is 5.80. The summed E-state index contributed by atoms with van der Waals surface area (Å²) < 4.78 is 11.4. The highest BCUT2D eigenvalue weighted by molar-refractivity contribution is 9.11. The van der Waals surface area contributed by atoms with Crippen LogP contribution >= 0.6 is 63.7 Å². The average molecular weight is 752 g/mol. The zero-order chi connectivity index (χ0) is 26.2. The zero-order valence-corrected chi connectivity index (χ0v) is 23.9. The fourth-order valence-corrected chi connectivity index (χ4v) is 5.87. The second-order valence-corrected chi connectivity index (χ2v) is 11.0. The first-order valence-corrected chi connectivity index (χ1v) is 13.2. The Bertz CT molecular complexity index is 1100. The summed E-state index contributed by atoms with van der Waals surface area (Å²) in [5.41, 5.74) is 0.332. The van der Waals surface area contributed by atoms with Crippen LogP contribution in [0.2, 0.25) is 0 Å². The number of phenols is 3. The van der Waals surface area contributed by atoms with Crippen molar-refractivity contribution >= 4 is 69.5 Å². The molecule has 1 fully saturated rings. The molecule has 0 unspecified atom stereocenters. The van der Waals surface area contributed by atoms with Gasteiger partial charge < -0.3 is 45.2 Å². The molecule has 0 aromatic heterocycles. The number of ether oxygens (including phenoxy) is 2. The highest BCUT2D eigenvalue weighted by atomic mass is 79.9. The summed E-state index contributed by atoms with van der Waals surface area (Å²) in [6, 6.07) is 3.25. The molecule has 1 aliphatic heterocycles. The Morgan fingerprint density at radius 2 is 1.49 bits per heavy atom. The van der Waals surface area contributed by atoms with E-state index in [9.17, 15) is 40.5 Å². The fraction of sp³-hybridized carbons (Fsp3) is 0.381. The van der Waals surface area contributed by atoms with Gasteiger partial charge in [0, 0.05) is 6.42 Å². The molecular weight excluding hydrogens is 732 g/mol. The predicted molar refractivity (Wildman–Crippen MR) is 136 cm³/mol. The van der Waals surface area contributed by atoms with E-state index in [-0.39, 0.29) is 38.8 Å². The van der Waals surface area contributed by atoms with Gasteiger partial charge in [0.1, 0.15) is 50.4 Å². The van der Waals surface area contributed by atoms with Crippen molar-refractivity contribution < 1.29 is 50.0 Å². The maximum Gasteiger partial charge on any atom is 0.229 e. The Morgan fingerprint density at radius 1 is 0.886 bits per heavy atom. The Balaban J connectivity index is 1.95. The highest BCUT2D eigenvalue weighted by Gasteiger charge is 2.45. The molecular formula is C21H20Br4O10. The Kier molecular flexibility index (Phi) is 9.48. The summed E-state index contributed by atoms with van der Waals surface area (Å²) in [5.74, 6) is -2.14. The van der Waals surface area contributed by atoms with Crippen LogP contribution in [0, 0.1) is 0 Å². The van der Waals surface area contributed by atoms with Crippen molar-refractivity contribution in [3.05, 3.63) is 41.2 Å². The van der Waals surface area contributed by atoms with Crippen LogP contribution in [0.15, 0.2) is 30.0 Å². The van der Waals surface area contributed by atoms with E-state index in [1.54, 1.807) is 12.1 Å². The van der Waals surface area contributed by atoms with Crippen molar-refractivity contribution in [3.8, 4) is 23.0 Å². The minimum absolute atomic E-state index is 0.000619. The molecule has 0 spiro atoms. The molecule has 1 aliphatic rings. The normalized spacial score (nSPS) is 24.4. The van der Waals surface area contributed by atoms with E-state index in [4.69, 9.17) is 9.47 Å². The van der Waals surface area contributed by atoms with Gasteiger partial charge in [0.05, 0.1) is 15.6 Å². The van der Waals surface area contributed by atoms with Gasteiger partial charge >= 0.3 is 0 Å². The number of aryl methyl sites for hydroxylation is 1. The van der Waals surface area contributed by atoms with E-state index < -0.39 is 54.6 Å². The molecule has 35 heavy (non-hydrogen) atoms. The number of Topliss-reactive ketones (excluding diaryl/α,β-unsaturated/α-hetero) is 1. The Morgan fingerprint density at radius 3 is 2.06 bits per heavy atom. The predicted octanol–water partition coefficient (Wildman–Crippen LogP) is 2.85. The summed E-state index contributed by atoms with van der Waals surface area (Å²) in [5, 5.41) is 70.6. The van der Waals surface area contributed by atoms with Crippen LogP contribution < -0.4 is 4.74 Å². The standard InChI is InChI=1S/C21H20Br4O10/c22-7-3-6(4-8(23)14(7)28)1-2-9(27)11-16(30)12(24)17(31)13(25)20(11)35-21-19(33)18(32)15(29)10(5-26)34-21/h3-4,10,15,18-19,21,26,28-33H,1-2,5H2/t10-,15-,18+,19-,21+/m1/s1. The molecule has 2 aromatic rings. The van der Waals surface area contributed by atoms with Crippen molar-refractivity contribution in [2.75, 3.05) is 6.61 Å². The van der Waals surface area contributed by atoms with Crippen LogP contribution in [-0.4, -0.2) is 78.8 Å². The molecule has 10 nitrogen and oxygen atoms in total. The average Bonchev–Trinajstić information content (AvgIpc) is 2.83. The molecule has 0 amide bonds. The third-order valence-electron chi connectivity index (χ3n) is 5.37. The van der Waals surface area contributed by atoms with Crippen molar-refractivity contribution in [2.24, 2.45) is 0 Å². The molecule has 192 valence electrons. The quantitative estimate of drug-likeness (QED) is 0.208. The number of benzene rings is 2. The lowest BCUT2D eigenvalue weighted by Gasteiger charge is -2.39. The lowest BCUT2D eigenvalue weighted by atomic mass is 9.99. The SMILES string of the molecule is O=C(CCc1cc(Br)c(O)c(Br)c1)c1c(O)c(Br)c(O)c(Br)c1O[C@@H]1O[C@H](CO)[C@@H](O)[C@H](O)[C@H]1O. The van der Waals surface area contributed by atoms with Gasteiger partial charge in [-0.05, 0) is 87.8 Å². The van der Waals surface area contributed by atoms with E-state index in [1.165, 1.54) is 0 Å². The fourth-order valence-electron chi connectivity index (χ4n) is 3.44. The summed E-state index contributed by atoms with van der Waals surface area (Å²) in [6.45, 7) is -0.702. The number of hydrogen-bond donors (Lipinski definition) is 7. The van der Waals surface area contributed by atoms with Gasteiger partial charge in [0.15, 0.2) is 17.3 Å². The first-order chi connectivity index (χ1) is 16.4. The lowest BCUT2D eigenvalue weighted by Crippen LogP contribution is -2.60. The first-order valence-electron chi connectivity index (χ1n) is 9.99. The summed E-state index contributed by atoms with van der Waals surface area (Å²) in [6.07, 6.45) is -8.04. The van der Waals surface area contributed by atoms with Crippen LogP contribution in [0.1, 0.15) is 22.3 Å². The maximum absolute atomic E-state index is 13.2. The van der Waals surface area contributed by atoms with Crippen LogP contribution in [0.25, 0.3) is 0 Å². The van der Waals surface area contributed by atoms with Gasteiger partial charge in [-0.15, -0.1) is 0 Å². The first kappa shape index (κ1) is 28.6. The number of carbonyl (C=O) groups excluding carboxylic acids is 1. The molecule has 1 heterocycles. The second-order valence-electron chi connectivity index (χ2n) is 7.68. The van der Waals surface area contributed by atoms with Crippen LogP contribution in [0.4, 0.5) is 0 Å². The number of aliphatic hydroxyl groups excluding tert-OH is 4. The molecule has 3 rings (SSSR count). The number of carbonyl (C=O) groups is 1. The molecule has 0 saturated carbocycles. The number of ketones is 1. The number of aliphatic hydroxyl groups is 4. The van der Waals surface area contributed by atoms with Gasteiger partial charge in [-0.3, -0.25) is 4.79 Å². The van der Waals surface area contributed by atoms with Crippen LogP contribution in [0.3, 0.4) is 0 Å². The minimum atomic E-state index is -1.79. The number of aromatic hydroxyl groups is 3. The van der Waals surface area contributed by atoms with E-state index in [0.717, 1.165) is 0 Å². The minimum Gasteiger partial charge on any atom is -0.506 e. The molecule has 1 saturated heterocycles. The van der Waals surface area contributed by atoms with Gasteiger partial charge in [-0.2, -0.15) is 0 Å². The van der Waals surface area contributed by atoms with Crippen molar-refractivity contribution in [1.82, 2.24) is 0 Å². The van der Waals surface area contributed by atoms with Crippen LogP contribution in [-0.2, 0) is 11.2 Å². The smallest absolute Gasteiger partial charge is 0.229 e. The topological polar surface area (TPSA) is 177 Å². The van der Waals surface area contributed by atoms with Gasteiger partial charge in [0.2, 0.25) is 6.29 Å². The highest BCUT2D eigenvalue weighted by Crippen LogP contribution is 2.49. The molecule has 0 aliphatic carbocycles. The summed E-state index contributed by atoms with van der Waals surface area (Å²) >= 11 is 12.6. The molecule has 5 atom stereocenters. The van der Waals surface area contributed by atoms with E-state index >= 15 is 0 Å². The number of halogens is 4. The van der Waals surface area contributed by atoms with Crippen molar-refractivity contribution in [3.63, 3.8) is 0 Å². The summed E-state index contributed by atoms with van der Waals surface area (Å²) in [4.78, 5) is 13.2. The van der Waals surface area contributed by atoms with E-state index in [2.05, 4.69) is 63.7 Å². The number of rotatable bonds is 7. The summed E-state index contributed by atoms with van der Waals surface area (Å²) in [7, 11) is 0.